The molecule has 0 unspecified atom stereocenters. The number of esters is 1. The molecule has 0 atom stereocenters. The summed E-state index contributed by atoms with van der Waals surface area (Å²) in [5, 5.41) is 3.52. The molecule has 3 aromatic heterocycles. The molecule has 0 saturated carbocycles. The molecule has 0 aliphatic carbocycles. The zero-order chi connectivity index (χ0) is 29.1. The Labute approximate surface area is 230 Å². The first-order valence-corrected chi connectivity index (χ1v) is 12.2. The molecule has 2 N–H and O–H groups in total. The van der Waals surface area contributed by atoms with Crippen LogP contribution in [0.25, 0.3) is 21.8 Å². The van der Waals surface area contributed by atoms with Gasteiger partial charge in [0, 0.05) is 29.8 Å². The number of hydrogen-bond acceptors (Lipinski definition) is 10. The number of nitrogens with one attached hydrogen (secondary N) is 2. The lowest BCUT2D eigenvalue weighted by molar-refractivity contribution is -0.189. The van der Waals surface area contributed by atoms with E-state index in [1.807, 2.05) is 12.1 Å². The maximum absolute atomic E-state index is 13.1. The summed E-state index contributed by atoms with van der Waals surface area (Å²) >= 11 is 0. The van der Waals surface area contributed by atoms with Crippen LogP contribution in [0.4, 0.5) is 25.1 Å². The van der Waals surface area contributed by atoms with Gasteiger partial charge in [0.2, 0.25) is 17.8 Å². The number of carbonyl (C=O) groups is 1. The van der Waals surface area contributed by atoms with Gasteiger partial charge in [0.05, 0.1) is 42.9 Å². The number of methoxy groups -OCH3 is 2. The predicted molar refractivity (Wildman–Crippen MR) is 142 cm³/mol. The number of aromatic amines is 1. The smallest absolute Gasteiger partial charge is 0.491 e. The number of rotatable bonds is 9. The van der Waals surface area contributed by atoms with Gasteiger partial charge in [0.25, 0.3) is 0 Å². The molecule has 2 aromatic carbocycles. The average molecular weight is 569 g/mol. The molecule has 0 fully saturated rings. The van der Waals surface area contributed by atoms with E-state index < -0.39 is 18.0 Å². The van der Waals surface area contributed by atoms with E-state index in [-0.39, 0.29) is 22.8 Å². The van der Waals surface area contributed by atoms with Gasteiger partial charge >= 0.3 is 12.1 Å². The van der Waals surface area contributed by atoms with Crippen molar-refractivity contribution in [1.29, 1.82) is 0 Å². The second-order valence-electron chi connectivity index (χ2n) is 8.69. The van der Waals surface area contributed by atoms with Gasteiger partial charge in [-0.1, -0.05) is 0 Å². The van der Waals surface area contributed by atoms with Crippen LogP contribution < -0.4 is 24.3 Å². The van der Waals surface area contributed by atoms with E-state index in [9.17, 15) is 18.0 Å². The van der Waals surface area contributed by atoms with Crippen LogP contribution in [0.5, 0.6) is 23.1 Å². The number of fused-ring (bicyclic) bond motifs is 2. The number of ether oxygens (including phenoxy) is 4. The third kappa shape index (κ3) is 6.05. The van der Waals surface area contributed by atoms with E-state index in [0.29, 0.717) is 46.9 Å². The Morgan fingerprint density at radius 1 is 0.927 bits per heavy atom. The minimum atomic E-state index is -5.24. The minimum absolute atomic E-state index is 0.0398. The number of benzene rings is 2. The summed E-state index contributed by atoms with van der Waals surface area (Å²) in [4.78, 5) is 32.0. The minimum Gasteiger partial charge on any atom is -0.493 e. The molecule has 14 heteroatoms. The SMILES string of the molecule is COc1cc2nc(Nc3nc(OC(=O)C(F)(F)F)c4cc(OCCc5ccc[nH]5)ccc4n3)nc(C)c2cc1OC. The first kappa shape index (κ1) is 27.4. The fourth-order valence-corrected chi connectivity index (χ4v) is 4.02. The van der Waals surface area contributed by atoms with Gasteiger partial charge in [-0.05, 0) is 43.3 Å². The highest BCUT2D eigenvalue weighted by atomic mass is 19.4. The number of H-pyrrole nitrogens is 1. The zero-order valence-electron chi connectivity index (χ0n) is 22.0. The highest BCUT2D eigenvalue weighted by Crippen LogP contribution is 2.34. The first-order chi connectivity index (χ1) is 19.6. The Morgan fingerprint density at radius 3 is 2.37 bits per heavy atom. The molecule has 0 bridgehead atoms. The van der Waals surface area contributed by atoms with Crippen molar-refractivity contribution < 1.29 is 36.9 Å². The van der Waals surface area contributed by atoms with Gasteiger partial charge in [0.15, 0.2) is 11.5 Å². The summed E-state index contributed by atoms with van der Waals surface area (Å²) in [5.41, 5.74) is 2.22. The summed E-state index contributed by atoms with van der Waals surface area (Å²) in [6, 6.07) is 11.7. The van der Waals surface area contributed by atoms with Crippen LogP contribution in [-0.2, 0) is 11.2 Å². The summed E-state index contributed by atoms with van der Waals surface area (Å²) in [6.45, 7) is 2.04. The van der Waals surface area contributed by atoms with Crippen molar-refractivity contribution in [3.63, 3.8) is 0 Å². The number of aromatic nitrogens is 5. The number of anilines is 2. The Bertz CT molecular complexity index is 1730. The molecule has 5 rings (SSSR count). The number of hydrogen-bond donors (Lipinski definition) is 2. The number of halogens is 3. The van der Waals surface area contributed by atoms with Crippen LogP contribution in [0.15, 0.2) is 48.7 Å². The van der Waals surface area contributed by atoms with E-state index in [1.54, 1.807) is 31.3 Å². The summed E-state index contributed by atoms with van der Waals surface area (Å²) in [7, 11) is 3.00. The van der Waals surface area contributed by atoms with E-state index in [0.717, 1.165) is 5.69 Å². The molecule has 41 heavy (non-hydrogen) atoms. The molecular weight excluding hydrogens is 545 g/mol. The third-order valence-electron chi connectivity index (χ3n) is 5.97. The molecule has 0 spiro atoms. The molecule has 212 valence electrons. The lowest BCUT2D eigenvalue weighted by atomic mass is 10.1. The van der Waals surface area contributed by atoms with Crippen molar-refractivity contribution in [2.75, 3.05) is 26.1 Å². The van der Waals surface area contributed by atoms with Crippen molar-refractivity contribution >= 4 is 39.7 Å². The lowest BCUT2D eigenvalue weighted by Crippen LogP contribution is -2.28. The van der Waals surface area contributed by atoms with Crippen molar-refractivity contribution in [3.8, 4) is 23.1 Å². The van der Waals surface area contributed by atoms with Crippen LogP contribution >= 0.6 is 0 Å². The Kier molecular flexibility index (Phi) is 7.46. The van der Waals surface area contributed by atoms with Crippen LogP contribution in [0.1, 0.15) is 11.4 Å². The number of alkyl halides is 3. The van der Waals surface area contributed by atoms with E-state index >= 15 is 0 Å². The standard InChI is InChI=1S/C27H23F3N6O5/c1-14-17-12-21(38-2)22(39-3)13-20(17)34-25(32-14)36-26-33-19-7-6-16(40-10-8-15-5-4-9-31-15)11-18(19)23(35-26)41-24(37)27(28,29)30/h4-7,9,11-13,31H,8,10H2,1-3H3,(H,32,33,34,35,36). The highest BCUT2D eigenvalue weighted by molar-refractivity contribution is 5.90. The second kappa shape index (κ2) is 11.2. The molecular formula is C27H23F3N6O5. The van der Waals surface area contributed by atoms with Crippen molar-refractivity contribution in [2.45, 2.75) is 19.5 Å². The molecule has 0 saturated heterocycles. The van der Waals surface area contributed by atoms with Gasteiger partial charge < -0.3 is 23.9 Å². The molecule has 11 nitrogen and oxygen atoms in total. The van der Waals surface area contributed by atoms with Crippen molar-refractivity contribution in [1.82, 2.24) is 24.9 Å². The Morgan fingerprint density at radius 2 is 1.66 bits per heavy atom. The maximum Gasteiger partial charge on any atom is 0.491 e. The van der Waals surface area contributed by atoms with Gasteiger partial charge in [0.1, 0.15) is 5.75 Å². The summed E-state index contributed by atoms with van der Waals surface area (Å²) in [5.74, 6) is -1.91. The Hall–Kier alpha value is -5.14. The normalized spacial score (nSPS) is 11.5. The van der Waals surface area contributed by atoms with Crippen LogP contribution in [0, 0.1) is 6.92 Å². The van der Waals surface area contributed by atoms with Gasteiger partial charge in [-0.2, -0.15) is 18.2 Å². The fraction of sp³-hybridized carbons (Fsp3) is 0.222. The topological polar surface area (TPSA) is 133 Å². The van der Waals surface area contributed by atoms with Crippen molar-refractivity contribution in [2.24, 2.45) is 0 Å². The number of carbonyl (C=O) groups excluding carboxylic acids is 1. The summed E-state index contributed by atoms with van der Waals surface area (Å²) in [6.07, 6.45) is -2.88. The van der Waals surface area contributed by atoms with Crippen LogP contribution in [0.2, 0.25) is 0 Å². The largest absolute Gasteiger partial charge is 0.493 e. The lowest BCUT2D eigenvalue weighted by Gasteiger charge is -2.13. The van der Waals surface area contributed by atoms with Gasteiger partial charge in [-0.15, -0.1) is 0 Å². The van der Waals surface area contributed by atoms with Crippen molar-refractivity contribution in [3.05, 3.63) is 60.0 Å². The van der Waals surface area contributed by atoms with E-state index in [2.05, 4.69) is 35.0 Å². The summed E-state index contributed by atoms with van der Waals surface area (Å²) < 4.78 is 60.3. The maximum atomic E-state index is 13.1. The quantitative estimate of drug-likeness (QED) is 0.233. The predicted octanol–water partition coefficient (Wildman–Crippen LogP) is 5.06. The van der Waals surface area contributed by atoms with E-state index in [4.69, 9.17) is 14.2 Å². The average Bonchev–Trinajstić information content (AvgIpc) is 3.45. The Balaban J connectivity index is 1.49. The third-order valence-corrected chi connectivity index (χ3v) is 5.97. The van der Waals surface area contributed by atoms with Gasteiger partial charge in [-0.3, -0.25) is 5.32 Å². The zero-order valence-corrected chi connectivity index (χ0v) is 22.0. The van der Waals surface area contributed by atoms with Gasteiger partial charge in [-0.25, -0.2) is 19.7 Å². The van der Waals surface area contributed by atoms with Crippen LogP contribution in [0.3, 0.4) is 0 Å². The molecule has 0 aliphatic heterocycles. The molecule has 0 amide bonds. The molecule has 0 aliphatic rings. The molecule has 5 aromatic rings. The van der Waals surface area contributed by atoms with E-state index in [1.165, 1.54) is 26.4 Å². The second-order valence-corrected chi connectivity index (χ2v) is 8.69. The molecule has 0 radical (unpaired) electrons. The number of nitrogens with zero attached hydrogens (tertiary/aromatic N) is 4. The number of aryl methyl sites for hydroxylation is 1. The van der Waals surface area contributed by atoms with Crippen LogP contribution in [-0.4, -0.2) is 57.9 Å². The molecule has 3 heterocycles. The monoisotopic (exact) mass is 568 g/mol. The highest BCUT2D eigenvalue weighted by Gasteiger charge is 2.42. The first-order valence-electron chi connectivity index (χ1n) is 12.2. The fourth-order valence-electron chi connectivity index (χ4n) is 4.02.